The Hall–Kier alpha value is -1.26. The minimum Gasteiger partial charge on any atom is -0.340 e. The van der Waals surface area contributed by atoms with Gasteiger partial charge in [0.2, 0.25) is 0 Å². The van der Waals surface area contributed by atoms with Crippen molar-refractivity contribution in [1.82, 2.24) is 0 Å². The molecule has 4 aliphatic carbocycles. The number of ketones is 2. The molecule has 0 amide bonds. The highest BCUT2D eigenvalue weighted by molar-refractivity contribution is 5.97. The van der Waals surface area contributed by atoms with Gasteiger partial charge in [0.1, 0.15) is 11.2 Å². The van der Waals surface area contributed by atoms with Crippen LogP contribution in [0.5, 0.6) is 0 Å². The van der Waals surface area contributed by atoms with Crippen LogP contribution in [0.2, 0.25) is 0 Å². The van der Waals surface area contributed by atoms with Gasteiger partial charge in [-0.2, -0.15) is 0 Å². The van der Waals surface area contributed by atoms with E-state index < -0.39 is 11.4 Å². The van der Waals surface area contributed by atoms with E-state index in [9.17, 15) is 9.59 Å². The van der Waals surface area contributed by atoms with E-state index in [0.29, 0.717) is 12.8 Å². The van der Waals surface area contributed by atoms with Crippen LogP contribution in [0, 0.1) is 11.8 Å². The molecule has 1 saturated heterocycles. The Morgan fingerprint density at radius 2 is 1.48 bits per heavy atom. The normalized spacial score (nSPS) is 48.9. The van der Waals surface area contributed by atoms with Crippen LogP contribution >= 0.6 is 0 Å². The van der Waals surface area contributed by atoms with Crippen LogP contribution in [0.1, 0.15) is 39.5 Å². The van der Waals surface area contributed by atoms with Gasteiger partial charge in [0.05, 0.1) is 0 Å². The third-order valence-corrected chi connectivity index (χ3v) is 5.85. The first kappa shape index (κ1) is 12.3. The zero-order valence-electron chi connectivity index (χ0n) is 12.3. The molecule has 5 aliphatic rings. The van der Waals surface area contributed by atoms with E-state index in [2.05, 4.69) is 0 Å². The zero-order chi connectivity index (χ0) is 14.6. The summed E-state index contributed by atoms with van der Waals surface area (Å²) >= 11 is 0. The number of ether oxygens (including phenoxy) is 2. The molecule has 21 heavy (non-hydrogen) atoms. The Morgan fingerprint density at radius 1 is 0.952 bits per heavy atom. The highest BCUT2D eigenvalue weighted by Crippen LogP contribution is 2.71. The lowest BCUT2D eigenvalue weighted by Gasteiger charge is -2.32. The highest BCUT2D eigenvalue weighted by atomic mass is 16.8. The van der Waals surface area contributed by atoms with E-state index in [1.165, 1.54) is 0 Å². The molecule has 0 bridgehead atoms. The van der Waals surface area contributed by atoms with E-state index in [0.717, 1.165) is 24.0 Å². The smallest absolute Gasteiger partial charge is 0.165 e. The summed E-state index contributed by atoms with van der Waals surface area (Å²) in [6, 6.07) is 0. The SMILES string of the molecule is CC1(C)OC23C[C@@H]4CC(=O)C=C4C2(O1)C1=CC(=O)C[C@H]1C3. The standard InChI is InChI=1S/C17H18O4/c1-15(2)20-16-7-9-3-11(18)5-13(9)17(16,21-15)14-6-12(19)4-10(14)8-16/h5-6,9-10H,3-4,7-8H2,1-2H3/t9-,10-,16?,17?/m0/s1. The lowest BCUT2D eigenvalue weighted by atomic mass is 9.84. The van der Waals surface area contributed by atoms with Gasteiger partial charge in [0, 0.05) is 12.8 Å². The quantitative estimate of drug-likeness (QED) is 0.684. The van der Waals surface area contributed by atoms with Gasteiger partial charge in [-0.05, 0) is 61.8 Å². The Morgan fingerprint density at radius 3 is 2.00 bits per heavy atom. The Bertz CT molecular complexity index is 624. The van der Waals surface area contributed by atoms with Crippen molar-refractivity contribution in [2.24, 2.45) is 11.8 Å². The summed E-state index contributed by atoms with van der Waals surface area (Å²) in [5, 5.41) is 0. The first-order valence-electron chi connectivity index (χ1n) is 7.75. The van der Waals surface area contributed by atoms with Gasteiger partial charge in [0.15, 0.2) is 17.4 Å². The van der Waals surface area contributed by atoms with Gasteiger partial charge in [-0.3, -0.25) is 9.59 Å². The first-order chi connectivity index (χ1) is 9.85. The summed E-state index contributed by atoms with van der Waals surface area (Å²) < 4.78 is 12.8. The molecular formula is C17H18O4. The van der Waals surface area contributed by atoms with E-state index >= 15 is 0 Å². The van der Waals surface area contributed by atoms with Crippen LogP contribution in [0.15, 0.2) is 23.3 Å². The summed E-state index contributed by atoms with van der Waals surface area (Å²) in [6.45, 7) is 3.86. The van der Waals surface area contributed by atoms with E-state index in [-0.39, 0.29) is 29.0 Å². The average molecular weight is 286 g/mol. The summed E-state index contributed by atoms with van der Waals surface area (Å²) in [4.78, 5) is 23.8. The second-order valence-electron chi connectivity index (χ2n) is 7.62. The van der Waals surface area contributed by atoms with Crippen LogP contribution in [0.25, 0.3) is 0 Å². The summed E-state index contributed by atoms with van der Waals surface area (Å²) in [5.41, 5.74) is 1.12. The van der Waals surface area contributed by atoms with E-state index in [1.807, 2.05) is 13.8 Å². The molecule has 3 fully saturated rings. The molecule has 4 heteroatoms. The van der Waals surface area contributed by atoms with E-state index in [1.54, 1.807) is 12.2 Å². The lowest BCUT2D eigenvalue weighted by Crippen LogP contribution is -2.44. The lowest BCUT2D eigenvalue weighted by molar-refractivity contribution is -0.177. The average Bonchev–Trinajstić information content (AvgIpc) is 3.00. The fraction of sp³-hybridized carbons (Fsp3) is 0.647. The molecule has 0 aromatic carbocycles. The largest absolute Gasteiger partial charge is 0.340 e. The monoisotopic (exact) mass is 286 g/mol. The fourth-order valence-corrected chi connectivity index (χ4v) is 5.63. The molecule has 0 aromatic heterocycles. The van der Waals surface area contributed by atoms with Crippen LogP contribution < -0.4 is 0 Å². The van der Waals surface area contributed by atoms with Crippen LogP contribution in [-0.2, 0) is 19.1 Å². The number of allylic oxidation sites excluding steroid dienone is 2. The molecule has 0 radical (unpaired) electrons. The molecule has 2 saturated carbocycles. The summed E-state index contributed by atoms with van der Waals surface area (Å²) in [7, 11) is 0. The molecular weight excluding hydrogens is 268 g/mol. The molecule has 2 atom stereocenters. The van der Waals surface area contributed by atoms with Crippen molar-refractivity contribution in [2.75, 3.05) is 0 Å². The van der Waals surface area contributed by atoms with Gasteiger partial charge >= 0.3 is 0 Å². The molecule has 0 aromatic rings. The Labute approximate surface area is 123 Å². The molecule has 0 unspecified atom stereocenters. The maximum atomic E-state index is 11.9. The fourth-order valence-electron chi connectivity index (χ4n) is 5.63. The second kappa shape index (κ2) is 3.23. The van der Waals surface area contributed by atoms with Crippen molar-refractivity contribution >= 4 is 11.6 Å². The number of hydrogen-bond donors (Lipinski definition) is 0. The van der Waals surface area contributed by atoms with Gasteiger partial charge < -0.3 is 9.47 Å². The minimum absolute atomic E-state index is 0.180. The van der Waals surface area contributed by atoms with Crippen molar-refractivity contribution in [2.45, 2.75) is 56.5 Å². The topological polar surface area (TPSA) is 52.6 Å². The second-order valence-corrected chi connectivity index (χ2v) is 7.62. The Balaban J connectivity index is 1.78. The van der Waals surface area contributed by atoms with Crippen LogP contribution in [-0.4, -0.2) is 28.6 Å². The summed E-state index contributed by atoms with van der Waals surface area (Å²) in [6.07, 6.45) is 6.36. The number of carbonyl (C=O) groups is 2. The van der Waals surface area contributed by atoms with Gasteiger partial charge in [-0.15, -0.1) is 0 Å². The molecule has 5 rings (SSSR count). The third kappa shape index (κ3) is 1.22. The van der Waals surface area contributed by atoms with Crippen molar-refractivity contribution in [3.63, 3.8) is 0 Å². The number of rotatable bonds is 0. The molecule has 110 valence electrons. The predicted octanol–water partition coefficient (Wildman–Crippen LogP) is 2.09. The first-order valence-corrected chi connectivity index (χ1v) is 7.75. The minimum atomic E-state index is -0.672. The summed E-state index contributed by atoms with van der Waals surface area (Å²) in [5.74, 6) is 0.145. The Kier molecular flexibility index (Phi) is 1.89. The number of hydrogen-bond acceptors (Lipinski definition) is 4. The highest BCUT2D eigenvalue weighted by Gasteiger charge is 2.77. The molecule has 0 N–H and O–H groups in total. The molecule has 1 heterocycles. The van der Waals surface area contributed by atoms with Gasteiger partial charge in [-0.25, -0.2) is 0 Å². The van der Waals surface area contributed by atoms with Crippen molar-refractivity contribution in [3.8, 4) is 0 Å². The number of carbonyl (C=O) groups excluding carboxylic acids is 2. The van der Waals surface area contributed by atoms with Crippen molar-refractivity contribution in [1.29, 1.82) is 0 Å². The molecule has 4 nitrogen and oxygen atoms in total. The predicted molar refractivity (Wildman–Crippen MR) is 73.3 cm³/mol. The molecule has 1 aliphatic heterocycles. The molecule has 0 spiro atoms. The maximum absolute atomic E-state index is 11.9. The van der Waals surface area contributed by atoms with Crippen LogP contribution in [0.4, 0.5) is 0 Å². The van der Waals surface area contributed by atoms with Crippen molar-refractivity contribution < 1.29 is 19.1 Å². The maximum Gasteiger partial charge on any atom is 0.165 e. The van der Waals surface area contributed by atoms with Crippen molar-refractivity contribution in [3.05, 3.63) is 23.3 Å². The van der Waals surface area contributed by atoms with E-state index in [4.69, 9.17) is 9.47 Å². The number of fused-ring (bicyclic) bond motifs is 2. The third-order valence-electron chi connectivity index (χ3n) is 5.85. The van der Waals surface area contributed by atoms with Crippen LogP contribution in [0.3, 0.4) is 0 Å². The van der Waals surface area contributed by atoms with Gasteiger partial charge in [0.25, 0.3) is 0 Å². The van der Waals surface area contributed by atoms with Gasteiger partial charge in [-0.1, -0.05) is 0 Å². The zero-order valence-corrected chi connectivity index (χ0v) is 12.3.